The van der Waals surface area contributed by atoms with Crippen LogP contribution in [0.15, 0.2) is 0 Å². The molecule has 0 aromatic carbocycles. The summed E-state index contributed by atoms with van der Waals surface area (Å²) in [6.07, 6.45) is 3.34. The molecule has 1 amide bonds. The van der Waals surface area contributed by atoms with E-state index in [0.29, 0.717) is 16.1 Å². The van der Waals surface area contributed by atoms with E-state index in [0.717, 1.165) is 19.4 Å². The minimum atomic E-state index is -0.126. The molecule has 0 aliphatic rings. The number of carbonyl (C=O) groups is 1. The minimum Gasteiger partial charge on any atom is -0.360 e. The van der Waals surface area contributed by atoms with Gasteiger partial charge in [-0.1, -0.05) is 38.0 Å². The highest BCUT2D eigenvalue weighted by molar-refractivity contribution is 7.17. The second kappa shape index (κ2) is 8.09. The predicted molar refractivity (Wildman–Crippen MR) is 79.7 cm³/mol. The van der Waals surface area contributed by atoms with Crippen molar-refractivity contribution in [1.82, 2.24) is 15.5 Å². The Bertz CT molecular complexity index is 392. The molecule has 1 rings (SSSR count). The molecular formula is C13H24N4OS. The molecule has 0 fully saturated rings. The fraction of sp³-hybridized carbons (Fsp3) is 0.769. The molecule has 1 heterocycles. The molecule has 2 N–H and O–H groups in total. The van der Waals surface area contributed by atoms with Crippen LogP contribution in [-0.4, -0.2) is 28.7 Å². The van der Waals surface area contributed by atoms with Crippen LogP contribution in [0.5, 0.6) is 0 Å². The Labute approximate surface area is 119 Å². The minimum absolute atomic E-state index is 0.126. The SMILES string of the molecule is CCNc1nnc(C(=O)NC(C)CCCC(C)C)s1. The lowest BCUT2D eigenvalue weighted by molar-refractivity contribution is 0.0936. The van der Waals surface area contributed by atoms with Gasteiger partial charge in [-0.05, 0) is 26.2 Å². The summed E-state index contributed by atoms with van der Waals surface area (Å²) in [4.78, 5) is 11.9. The molecule has 5 nitrogen and oxygen atoms in total. The molecule has 0 radical (unpaired) electrons. The number of nitrogens with zero attached hydrogens (tertiary/aromatic N) is 2. The number of aromatic nitrogens is 2. The van der Waals surface area contributed by atoms with Gasteiger partial charge in [0.1, 0.15) is 0 Å². The summed E-state index contributed by atoms with van der Waals surface area (Å²) in [6, 6.07) is 0.178. The Morgan fingerprint density at radius 3 is 2.63 bits per heavy atom. The summed E-state index contributed by atoms with van der Waals surface area (Å²) in [5.74, 6) is 0.590. The van der Waals surface area contributed by atoms with Crippen molar-refractivity contribution in [2.24, 2.45) is 5.92 Å². The lowest BCUT2D eigenvalue weighted by atomic mass is 10.0. The monoisotopic (exact) mass is 284 g/mol. The van der Waals surface area contributed by atoms with E-state index in [1.807, 2.05) is 13.8 Å². The summed E-state index contributed by atoms with van der Waals surface area (Å²) >= 11 is 1.29. The van der Waals surface area contributed by atoms with Crippen molar-refractivity contribution in [1.29, 1.82) is 0 Å². The number of carbonyl (C=O) groups excluding carboxylic acids is 1. The van der Waals surface area contributed by atoms with Crippen LogP contribution >= 0.6 is 11.3 Å². The molecule has 1 aromatic heterocycles. The Balaban J connectivity index is 2.36. The van der Waals surface area contributed by atoms with Crippen molar-refractivity contribution in [3.05, 3.63) is 5.01 Å². The molecule has 0 saturated heterocycles. The Kier molecular flexibility index (Phi) is 6.77. The molecule has 1 aromatic rings. The molecule has 0 bridgehead atoms. The van der Waals surface area contributed by atoms with Crippen molar-refractivity contribution in [2.75, 3.05) is 11.9 Å². The maximum Gasteiger partial charge on any atom is 0.282 e. The first-order valence-corrected chi connectivity index (χ1v) is 7.72. The van der Waals surface area contributed by atoms with Crippen LogP contribution in [0.2, 0.25) is 0 Å². The van der Waals surface area contributed by atoms with E-state index >= 15 is 0 Å². The molecule has 6 heteroatoms. The molecule has 0 aliphatic heterocycles. The Hall–Kier alpha value is -1.17. The maximum atomic E-state index is 11.9. The largest absolute Gasteiger partial charge is 0.360 e. The second-order valence-corrected chi connectivity index (χ2v) is 6.12. The first-order valence-electron chi connectivity index (χ1n) is 6.91. The van der Waals surface area contributed by atoms with E-state index in [9.17, 15) is 4.79 Å². The lowest BCUT2D eigenvalue weighted by Crippen LogP contribution is -2.32. The summed E-state index contributed by atoms with van der Waals surface area (Å²) in [6.45, 7) is 9.23. The number of rotatable bonds is 8. The van der Waals surface area contributed by atoms with Gasteiger partial charge in [0, 0.05) is 12.6 Å². The molecule has 0 saturated carbocycles. The molecule has 19 heavy (non-hydrogen) atoms. The van der Waals surface area contributed by atoms with Gasteiger partial charge in [0.2, 0.25) is 10.1 Å². The fourth-order valence-corrected chi connectivity index (χ4v) is 2.44. The average molecular weight is 284 g/mol. The van der Waals surface area contributed by atoms with Crippen molar-refractivity contribution in [3.63, 3.8) is 0 Å². The van der Waals surface area contributed by atoms with Crippen LogP contribution in [0.3, 0.4) is 0 Å². The summed E-state index contributed by atoms with van der Waals surface area (Å²) in [5, 5.41) is 14.9. The van der Waals surface area contributed by atoms with Crippen LogP contribution < -0.4 is 10.6 Å². The van der Waals surface area contributed by atoms with Crippen LogP contribution in [0.4, 0.5) is 5.13 Å². The number of amides is 1. The van der Waals surface area contributed by atoms with Gasteiger partial charge in [-0.15, -0.1) is 10.2 Å². The zero-order valence-corrected chi connectivity index (χ0v) is 13.0. The van der Waals surface area contributed by atoms with Crippen molar-refractivity contribution < 1.29 is 4.79 Å². The van der Waals surface area contributed by atoms with E-state index in [-0.39, 0.29) is 11.9 Å². The van der Waals surface area contributed by atoms with E-state index in [4.69, 9.17) is 0 Å². The van der Waals surface area contributed by atoms with Crippen molar-refractivity contribution in [2.45, 2.75) is 53.0 Å². The molecule has 0 aliphatic carbocycles. The smallest absolute Gasteiger partial charge is 0.282 e. The van der Waals surface area contributed by atoms with Crippen LogP contribution in [0.1, 0.15) is 56.8 Å². The van der Waals surface area contributed by atoms with E-state index in [2.05, 4.69) is 34.7 Å². The fourth-order valence-electron chi connectivity index (χ4n) is 1.73. The highest BCUT2D eigenvalue weighted by Crippen LogP contribution is 2.15. The first kappa shape index (κ1) is 15.9. The standard InChI is InChI=1S/C13H24N4OS/c1-5-14-13-17-16-12(19-13)11(18)15-10(4)8-6-7-9(2)3/h9-10H,5-8H2,1-4H3,(H,14,17)(H,15,18). The van der Waals surface area contributed by atoms with Crippen molar-refractivity contribution in [3.8, 4) is 0 Å². The summed E-state index contributed by atoms with van der Waals surface area (Å²) < 4.78 is 0. The quantitative estimate of drug-likeness (QED) is 0.770. The van der Waals surface area contributed by atoms with E-state index < -0.39 is 0 Å². The molecule has 108 valence electrons. The number of hydrogen-bond donors (Lipinski definition) is 2. The van der Waals surface area contributed by atoms with Gasteiger partial charge in [-0.2, -0.15) is 0 Å². The Morgan fingerprint density at radius 1 is 1.26 bits per heavy atom. The van der Waals surface area contributed by atoms with Gasteiger partial charge in [0.05, 0.1) is 0 Å². The number of nitrogens with one attached hydrogen (secondary N) is 2. The third kappa shape index (κ3) is 6.00. The maximum absolute atomic E-state index is 11.9. The molecule has 0 spiro atoms. The van der Waals surface area contributed by atoms with Gasteiger partial charge in [0.15, 0.2) is 0 Å². The normalized spacial score (nSPS) is 12.5. The molecule has 1 atom stereocenters. The summed E-state index contributed by atoms with van der Waals surface area (Å²) in [5.41, 5.74) is 0. The second-order valence-electron chi connectivity index (χ2n) is 5.14. The van der Waals surface area contributed by atoms with Gasteiger partial charge >= 0.3 is 0 Å². The van der Waals surface area contributed by atoms with Gasteiger partial charge in [-0.25, -0.2) is 0 Å². The van der Waals surface area contributed by atoms with E-state index in [1.54, 1.807) is 0 Å². The lowest BCUT2D eigenvalue weighted by Gasteiger charge is -2.13. The Morgan fingerprint density at radius 2 is 2.00 bits per heavy atom. The molecule has 1 unspecified atom stereocenters. The van der Waals surface area contributed by atoms with Crippen molar-refractivity contribution >= 4 is 22.4 Å². The molecular weight excluding hydrogens is 260 g/mol. The summed E-state index contributed by atoms with van der Waals surface area (Å²) in [7, 11) is 0. The number of anilines is 1. The zero-order chi connectivity index (χ0) is 14.3. The third-order valence-electron chi connectivity index (χ3n) is 2.74. The van der Waals surface area contributed by atoms with Crippen LogP contribution in [0.25, 0.3) is 0 Å². The van der Waals surface area contributed by atoms with Crippen LogP contribution in [-0.2, 0) is 0 Å². The predicted octanol–water partition coefficient (Wildman–Crippen LogP) is 2.91. The highest BCUT2D eigenvalue weighted by Gasteiger charge is 2.14. The van der Waals surface area contributed by atoms with Gasteiger partial charge in [0.25, 0.3) is 5.91 Å². The zero-order valence-electron chi connectivity index (χ0n) is 12.2. The van der Waals surface area contributed by atoms with Gasteiger partial charge in [-0.3, -0.25) is 4.79 Å². The van der Waals surface area contributed by atoms with Crippen LogP contribution in [0, 0.1) is 5.92 Å². The number of hydrogen-bond acceptors (Lipinski definition) is 5. The average Bonchev–Trinajstić information content (AvgIpc) is 2.77. The highest BCUT2D eigenvalue weighted by atomic mass is 32.1. The van der Waals surface area contributed by atoms with Gasteiger partial charge < -0.3 is 10.6 Å². The third-order valence-corrected chi connectivity index (χ3v) is 3.62. The first-order chi connectivity index (χ1) is 9.02. The topological polar surface area (TPSA) is 66.9 Å². The van der Waals surface area contributed by atoms with E-state index in [1.165, 1.54) is 17.8 Å².